The number of halogens is 1. The highest BCUT2D eigenvalue weighted by Crippen LogP contribution is 2.13. The molecule has 18 heavy (non-hydrogen) atoms. The molecule has 2 aromatic rings. The Bertz CT molecular complexity index is 492. The topological polar surface area (TPSA) is 24.4 Å². The Morgan fingerprint density at radius 2 is 1.72 bits per heavy atom. The number of hydrogen-bond donors (Lipinski definition) is 1. The molecular formula is C15H15ClN2. The van der Waals surface area contributed by atoms with Gasteiger partial charge in [0.25, 0.3) is 0 Å². The SMILES string of the molecule is Clc1ccc(N/N=C\CCc2ccccc2)cc1. The number of benzene rings is 2. The lowest BCUT2D eigenvalue weighted by atomic mass is 10.1. The first-order chi connectivity index (χ1) is 8.84. The summed E-state index contributed by atoms with van der Waals surface area (Å²) in [6.07, 6.45) is 3.82. The lowest BCUT2D eigenvalue weighted by Gasteiger charge is -2.00. The molecule has 2 rings (SSSR count). The third-order valence-electron chi connectivity index (χ3n) is 2.53. The zero-order valence-corrected chi connectivity index (χ0v) is 10.8. The number of aryl methyl sites for hydroxylation is 1. The first-order valence-electron chi connectivity index (χ1n) is 5.91. The molecule has 0 heterocycles. The van der Waals surface area contributed by atoms with Gasteiger partial charge in [0.05, 0.1) is 5.69 Å². The van der Waals surface area contributed by atoms with Crippen LogP contribution in [0.1, 0.15) is 12.0 Å². The first-order valence-corrected chi connectivity index (χ1v) is 6.29. The zero-order chi connectivity index (χ0) is 12.6. The van der Waals surface area contributed by atoms with E-state index in [0.717, 1.165) is 23.6 Å². The molecule has 0 aliphatic rings. The van der Waals surface area contributed by atoms with Crippen molar-refractivity contribution in [2.24, 2.45) is 5.10 Å². The Kier molecular flexibility index (Phi) is 4.79. The molecule has 0 atom stereocenters. The van der Waals surface area contributed by atoms with Crippen molar-refractivity contribution in [1.29, 1.82) is 0 Å². The molecular weight excluding hydrogens is 244 g/mol. The number of hydrazone groups is 1. The molecule has 0 unspecified atom stereocenters. The fraction of sp³-hybridized carbons (Fsp3) is 0.133. The van der Waals surface area contributed by atoms with Crippen LogP contribution in [0, 0.1) is 0 Å². The Morgan fingerprint density at radius 1 is 1.00 bits per heavy atom. The van der Waals surface area contributed by atoms with Crippen molar-refractivity contribution in [1.82, 2.24) is 0 Å². The maximum absolute atomic E-state index is 5.80. The molecule has 0 saturated heterocycles. The van der Waals surface area contributed by atoms with Gasteiger partial charge in [-0.3, -0.25) is 5.43 Å². The Hall–Kier alpha value is -1.80. The average molecular weight is 259 g/mol. The summed E-state index contributed by atoms with van der Waals surface area (Å²) in [4.78, 5) is 0. The highest BCUT2D eigenvalue weighted by atomic mass is 35.5. The van der Waals surface area contributed by atoms with Gasteiger partial charge in [-0.2, -0.15) is 5.10 Å². The lowest BCUT2D eigenvalue weighted by molar-refractivity contribution is 1.05. The van der Waals surface area contributed by atoms with E-state index in [1.165, 1.54) is 5.56 Å². The summed E-state index contributed by atoms with van der Waals surface area (Å²) in [7, 11) is 0. The average Bonchev–Trinajstić information content (AvgIpc) is 2.42. The van der Waals surface area contributed by atoms with Crippen LogP contribution in [0.4, 0.5) is 5.69 Å². The van der Waals surface area contributed by atoms with Crippen molar-refractivity contribution < 1.29 is 0 Å². The maximum Gasteiger partial charge on any atom is 0.0562 e. The summed E-state index contributed by atoms with van der Waals surface area (Å²) in [6, 6.07) is 17.9. The van der Waals surface area contributed by atoms with E-state index in [1.807, 2.05) is 36.5 Å². The molecule has 92 valence electrons. The van der Waals surface area contributed by atoms with Gasteiger partial charge >= 0.3 is 0 Å². The van der Waals surface area contributed by atoms with Crippen LogP contribution < -0.4 is 5.43 Å². The van der Waals surface area contributed by atoms with Crippen LogP contribution >= 0.6 is 11.6 Å². The fourth-order valence-electron chi connectivity index (χ4n) is 1.59. The van der Waals surface area contributed by atoms with Crippen LogP contribution in [0.2, 0.25) is 5.02 Å². The van der Waals surface area contributed by atoms with Crippen LogP contribution in [0.5, 0.6) is 0 Å². The third-order valence-corrected chi connectivity index (χ3v) is 2.79. The number of nitrogens with one attached hydrogen (secondary N) is 1. The van der Waals surface area contributed by atoms with Crippen LogP contribution in [0.15, 0.2) is 59.7 Å². The molecule has 0 fully saturated rings. The van der Waals surface area contributed by atoms with Gasteiger partial charge in [0.2, 0.25) is 0 Å². The Balaban J connectivity index is 1.74. The second-order valence-electron chi connectivity index (χ2n) is 3.95. The summed E-state index contributed by atoms with van der Waals surface area (Å²) >= 11 is 5.80. The van der Waals surface area contributed by atoms with Gasteiger partial charge in [0, 0.05) is 11.2 Å². The van der Waals surface area contributed by atoms with E-state index in [4.69, 9.17) is 11.6 Å². The van der Waals surface area contributed by atoms with Gasteiger partial charge < -0.3 is 0 Å². The van der Waals surface area contributed by atoms with Gasteiger partial charge in [-0.25, -0.2) is 0 Å². The van der Waals surface area contributed by atoms with E-state index in [-0.39, 0.29) is 0 Å². The molecule has 0 aliphatic carbocycles. The molecule has 0 bridgehead atoms. The fourth-order valence-corrected chi connectivity index (χ4v) is 1.71. The van der Waals surface area contributed by atoms with Gasteiger partial charge in [-0.05, 0) is 42.7 Å². The minimum Gasteiger partial charge on any atom is -0.279 e. The van der Waals surface area contributed by atoms with E-state index in [2.05, 4.69) is 34.8 Å². The predicted octanol–water partition coefficient (Wildman–Crippen LogP) is 4.37. The predicted molar refractivity (Wildman–Crippen MR) is 78.3 cm³/mol. The minimum atomic E-state index is 0.730. The quantitative estimate of drug-likeness (QED) is 0.625. The van der Waals surface area contributed by atoms with E-state index in [1.54, 1.807) is 0 Å². The normalized spacial score (nSPS) is 10.7. The molecule has 0 saturated carbocycles. The van der Waals surface area contributed by atoms with Gasteiger partial charge in [-0.1, -0.05) is 41.9 Å². The molecule has 1 N–H and O–H groups in total. The van der Waals surface area contributed by atoms with Crippen molar-refractivity contribution in [2.45, 2.75) is 12.8 Å². The summed E-state index contributed by atoms with van der Waals surface area (Å²) in [5.41, 5.74) is 5.24. The number of rotatable bonds is 5. The molecule has 0 aromatic heterocycles. The van der Waals surface area contributed by atoms with Crippen molar-refractivity contribution in [2.75, 3.05) is 5.43 Å². The monoisotopic (exact) mass is 258 g/mol. The van der Waals surface area contributed by atoms with Gasteiger partial charge in [0.15, 0.2) is 0 Å². The van der Waals surface area contributed by atoms with Crippen LogP contribution in [0.25, 0.3) is 0 Å². The molecule has 0 radical (unpaired) electrons. The number of anilines is 1. The molecule has 0 amide bonds. The van der Waals surface area contributed by atoms with E-state index in [9.17, 15) is 0 Å². The molecule has 0 aliphatic heterocycles. The Labute approximate surface area is 112 Å². The van der Waals surface area contributed by atoms with E-state index >= 15 is 0 Å². The molecule has 2 nitrogen and oxygen atoms in total. The number of hydrogen-bond acceptors (Lipinski definition) is 2. The van der Waals surface area contributed by atoms with Crippen LogP contribution in [-0.4, -0.2) is 6.21 Å². The lowest BCUT2D eigenvalue weighted by Crippen LogP contribution is -1.91. The standard InChI is InChI=1S/C15H15ClN2/c16-14-8-10-15(11-9-14)18-17-12-4-7-13-5-2-1-3-6-13/h1-3,5-6,8-12,18H,4,7H2/b17-12-. The van der Waals surface area contributed by atoms with Crippen LogP contribution in [-0.2, 0) is 6.42 Å². The van der Waals surface area contributed by atoms with Crippen LogP contribution in [0.3, 0.4) is 0 Å². The highest BCUT2D eigenvalue weighted by molar-refractivity contribution is 6.30. The van der Waals surface area contributed by atoms with E-state index in [0.29, 0.717) is 0 Å². The van der Waals surface area contributed by atoms with Crippen molar-refractivity contribution in [3.05, 3.63) is 65.2 Å². The smallest absolute Gasteiger partial charge is 0.0562 e. The second-order valence-corrected chi connectivity index (χ2v) is 4.39. The minimum absolute atomic E-state index is 0.730. The third kappa shape index (κ3) is 4.22. The summed E-state index contributed by atoms with van der Waals surface area (Å²) < 4.78 is 0. The number of nitrogens with zero attached hydrogens (tertiary/aromatic N) is 1. The highest BCUT2D eigenvalue weighted by Gasteiger charge is 1.90. The van der Waals surface area contributed by atoms with E-state index < -0.39 is 0 Å². The largest absolute Gasteiger partial charge is 0.279 e. The van der Waals surface area contributed by atoms with Gasteiger partial charge in [0.1, 0.15) is 0 Å². The second kappa shape index (κ2) is 6.82. The molecule has 2 aromatic carbocycles. The molecule has 3 heteroatoms. The zero-order valence-electron chi connectivity index (χ0n) is 10.0. The Morgan fingerprint density at radius 3 is 2.44 bits per heavy atom. The maximum atomic E-state index is 5.80. The van der Waals surface area contributed by atoms with Gasteiger partial charge in [-0.15, -0.1) is 0 Å². The van der Waals surface area contributed by atoms with Crippen molar-refractivity contribution in [3.8, 4) is 0 Å². The summed E-state index contributed by atoms with van der Waals surface area (Å²) in [6.45, 7) is 0. The summed E-state index contributed by atoms with van der Waals surface area (Å²) in [5.74, 6) is 0. The van der Waals surface area contributed by atoms with Crippen molar-refractivity contribution in [3.63, 3.8) is 0 Å². The first kappa shape index (κ1) is 12.7. The van der Waals surface area contributed by atoms with Crippen molar-refractivity contribution >= 4 is 23.5 Å². The molecule has 0 spiro atoms. The summed E-state index contributed by atoms with van der Waals surface area (Å²) in [5, 5.41) is 4.90.